The minimum absolute atomic E-state index is 0.100. The molecule has 1 saturated carbocycles. The van der Waals surface area contributed by atoms with Crippen molar-refractivity contribution in [3.8, 4) is 11.1 Å². The number of pyridine rings is 1. The highest BCUT2D eigenvalue weighted by atomic mass is 19.1. The van der Waals surface area contributed by atoms with Crippen molar-refractivity contribution in [2.75, 3.05) is 23.0 Å². The smallest absolute Gasteiger partial charge is 0.323 e. The summed E-state index contributed by atoms with van der Waals surface area (Å²) in [6.07, 6.45) is 1.33. The minimum atomic E-state index is -0.761. The van der Waals surface area contributed by atoms with E-state index in [-0.39, 0.29) is 11.7 Å². The number of anilines is 3. The van der Waals surface area contributed by atoms with Crippen LogP contribution in [0.15, 0.2) is 48.5 Å². The number of hydrogen-bond donors (Lipinski definition) is 3. The molecule has 0 aliphatic heterocycles. The second-order valence-corrected chi connectivity index (χ2v) is 9.20. The van der Waals surface area contributed by atoms with Crippen molar-refractivity contribution in [1.29, 1.82) is 0 Å². The Kier molecular flexibility index (Phi) is 6.02. The van der Waals surface area contributed by atoms with Gasteiger partial charge in [0.15, 0.2) is 11.5 Å². The van der Waals surface area contributed by atoms with E-state index in [1.54, 1.807) is 42.9 Å². The minimum Gasteiger partial charge on any atom is -0.465 e. The maximum atomic E-state index is 14.0. The van der Waals surface area contributed by atoms with E-state index < -0.39 is 17.3 Å². The topological polar surface area (TPSA) is 124 Å². The molecule has 2 aromatic heterocycles. The summed E-state index contributed by atoms with van der Waals surface area (Å²) in [6.45, 7) is 3.90. The highest BCUT2D eigenvalue weighted by molar-refractivity contribution is 6.02. The van der Waals surface area contributed by atoms with Crippen molar-refractivity contribution >= 4 is 40.2 Å². The molecule has 1 fully saturated rings. The van der Waals surface area contributed by atoms with Crippen LogP contribution in [0.2, 0.25) is 0 Å². The Morgan fingerprint density at radius 3 is 2.54 bits per heavy atom. The Morgan fingerprint density at radius 1 is 1.14 bits per heavy atom. The van der Waals surface area contributed by atoms with Crippen molar-refractivity contribution in [2.24, 2.45) is 7.05 Å². The van der Waals surface area contributed by atoms with E-state index in [4.69, 9.17) is 15.5 Å². The van der Waals surface area contributed by atoms with Crippen LogP contribution in [-0.2, 0) is 22.0 Å². The van der Waals surface area contributed by atoms with Crippen molar-refractivity contribution in [2.45, 2.75) is 32.1 Å². The van der Waals surface area contributed by atoms with E-state index in [2.05, 4.69) is 15.7 Å². The summed E-state index contributed by atoms with van der Waals surface area (Å²) >= 11 is 0. The van der Waals surface area contributed by atoms with Crippen molar-refractivity contribution < 1.29 is 18.7 Å². The number of carbonyl (C=O) groups excluding carboxylic acids is 2. The number of nitrogen functional groups attached to an aromatic ring is 1. The molecule has 0 atom stereocenters. The predicted octanol–water partition coefficient (Wildman–Crippen LogP) is 4.90. The number of aryl methyl sites for hydroxylation is 2. The van der Waals surface area contributed by atoms with Gasteiger partial charge in [-0.1, -0.05) is 18.2 Å². The number of benzene rings is 2. The Morgan fingerprint density at radius 2 is 1.86 bits per heavy atom. The van der Waals surface area contributed by atoms with Crippen LogP contribution in [0.25, 0.3) is 22.2 Å². The number of nitrogens with zero attached hydrogens (tertiary/aromatic N) is 3. The number of esters is 1. The zero-order valence-corrected chi connectivity index (χ0v) is 20.8. The van der Waals surface area contributed by atoms with Gasteiger partial charge >= 0.3 is 12.0 Å². The van der Waals surface area contributed by atoms with Gasteiger partial charge in [0.05, 0.1) is 23.4 Å². The first-order valence-electron chi connectivity index (χ1n) is 12.0. The third-order valence-corrected chi connectivity index (χ3v) is 6.55. The van der Waals surface area contributed by atoms with Crippen LogP contribution in [-0.4, -0.2) is 33.4 Å². The van der Waals surface area contributed by atoms with Crippen molar-refractivity contribution in [1.82, 2.24) is 14.8 Å². The summed E-state index contributed by atoms with van der Waals surface area (Å²) in [4.78, 5) is 29.9. The van der Waals surface area contributed by atoms with Crippen molar-refractivity contribution in [3.63, 3.8) is 0 Å². The highest BCUT2D eigenvalue weighted by Gasteiger charge is 2.54. The quantitative estimate of drug-likeness (QED) is 0.322. The maximum absolute atomic E-state index is 14.0. The molecule has 190 valence electrons. The number of rotatable bonds is 6. The molecule has 5 rings (SSSR count). The molecular weight excluding hydrogens is 475 g/mol. The van der Waals surface area contributed by atoms with Crippen LogP contribution in [0.4, 0.5) is 26.4 Å². The summed E-state index contributed by atoms with van der Waals surface area (Å²) in [5.41, 5.74) is 9.70. The molecule has 2 heterocycles. The fourth-order valence-corrected chi connectivity index (χ4v) is 4.46. The molecule has 2 amide bonds. The number of urea groups is 1. The van der Waals surface area contributed by atoms with Crippen LogP contribution >= 0.6 is 0 Å². The molecule has 10 heteroatoms. The van der Waals surface area contributed by atoms with E-state index in [1.807, 2.05) is 25.1 Å². The molecule has 37 heavy (non-hydrogen) atoms. The van der Waals surface area contributed by atoms with E-state index in [9.17, 15) is 14.0 Å². The molecule has 9 nitrogen and oxygen atoms in total. The lowest BCUT2D eigenvalue weighted by Gasteiger charge is -2.16. The zero-order valence-electron chi connectivity index (χ0n) is 20.8. The third kappa shape index (κ3) is 4.46. The van der Waals surface area contributed by atoms with Gasteiger partial charge in [0.1, 0.15) is 11.2 Å². The number of hydrogen-bond acceptors (Lipinski definition) is 6. The lowest BCUT2D eigenvalue weighted by Crippen LogP contribution is -2.24. The van der Waals surface area contributed by atoms with Crippen LogP contribution < -0.4 is 16.4 Å². The van der Waals surface area contributed by atoms with Gasteiger partial charge in [0.2, 0.25) is 0 Å². The highest BCUT2D eigenvalue weighted by Crippen LogP contribution is 2.50. The largest absolute Gasteiger partial charge is 0.465 e. The first-order chi connectivity index (χ1) is 17.7. The van der Waals surface area contributed by atoms with E-state index in [0.717, 1.165) is 16.7 Å². The number of aromatic nitrogens is 3. The zero-order chi connectivity index (χ0) is 26.3. The molecule has 4 N–H and O–H groups in total. The van der Waals surface area contributed by atoms with Gasteiger partial charge < -0.3 is 21.1 Å². The summed E-state index contributed by atoms with van der Waals surface area (Å²) in [5.74, 6) is -0.466. The number of carbonyl (C=O) groups is 2. The molecule has 2 aromatic carbocycles. The Hall–Kier alpha value is -4.47. The molecule has 0 saturated heterocycles. The SMILES string of the molecule is CCOC(=O)C1(c2cc(-c3ccc(NC(=O)Nc4cc(C)ccc4F)cc3)c3c(N)nn(C)c3n2)CC1. The van der Waals surface area contributed by atoms with Crippen molar-refractivity contribution in [3.05, 3.63) is 65.6 Å². The van der Waals surface area contributed by atoms with Crippen LogP contribution in [0.3, 0.4) is 0 Å². The standard InChI is InChI=1S/C27H27FN6O3/c1-4-37-25(35)27(11-12-27)21-14-18(22-23(29)33-34(3)24(22)32-21)16-6-8-17(9-7-16)30-26(36)31-20-13-15(2)5-10-19(20)28/h5-10,13-14H,4,11-12H2,1-3H3,(H2,29,33)(H2,30,31,36). The Balaban J connectivity index is 1.45. The Labute approximate surface area is 212 Å². The van der Waals surface area contributed by atoms with Gasteiger partial charge in [-0.3, -0.25) is 4.79 Å². The van der Waals surface area contributed by atoms with Crippen LogP contribution in [0, 0.1) is 12.7 Å². The van der Waals surface area contributed by atoms with Gasteiger partial charge in [0.25, 0.3) is 0 Å². The molecular formula is C27H27FN6O3. The fourth-order valence-electron chi connectivity index (χ4n) is 4.46. The molecule has 0 unspecified atom stereocenters. The number of nitrogens with one attached hydrogen (secondary N) is 2. The normalized spacial score (nSPS) is 13.8. The Bertz CT molecular complexity index is 1530. The summed E-state index contributed by atoms with van der Waals surface area (Å²) in [6, 6.07) is 12.9. The van der Waals surface area contributed by atoms with Gasteiger partial charge in [-0.25, -0.2) is 18.9 Å². The summed E-state index contributed by atoms with van der Waals surface area (Å²) < 4.78 is 20.9. The van der Waals surface area contributed by atoms with Gasteiger partial charge in [0, 0.05) is 12.7 Å². The average Bonchev–Trinajstić information content (AvgIpc) is 3.63. The summed E-state index contributed by atoms with van der Waals surface area (Å²) in [7, 11) is 1.76. The molecule has 0 radical (unpaired) electrons. The second-order valence-electron chi connectivity index (χ2n) is 9.20. The average molecular weight is 503 g/mol. The molecule has 0 spiro atoms. The lowest BCUT2D eigenvalue weighted by atomic mass is 9.95. The van der Waals surface area contributed by atoms with E-state index >= 15 is 0 Å². The fraction of sp³-hybridized carbons (Fsp3) is 0.259. The first kappa shape index (κ1) is 24.2. The van der Waals surface area contributed by atoms with Gasteiger partial charge in [-0.15, -0.1) is 0 Å². The molecule has 1 aliphatic carbocycles. The third-order valence-electron chi connectivity index (χ3n) is 6.55. The predicted molar refractivity (Wildman–Crippen MR) is 140 cm³/mol. The van der Waals surface area contributed by atoms with Crippen LogP contribution in [0.1, 0.15) is 31.0 Å². The maximum Gasteiger partial charge on any atom is 0.323 e. The number of halogens is 1. The molecule has 0 bridgehead atoms. The lowest BCUT2D eigenvalue weighted by molar-refractivity contribution is -0.146. The monoisotopic (exact) mass is 502 g/mol. The number of ether oxygens (including phenoxy) is 1. The second kappa shape index (κ2) is 9.20. The summed E-state index contributed by atoms with van der Waals surface area (Å²) in [5, 5.41) is 10.3. The van der Waals surface area contributed by atoms with Crippen LogP contribution in [0.5, 0.6) is 0 Å². The van der Waals surface area contributed by atoms with Gasteiger partial charge in [-0.05, 0) is 73.7 Å². The van der Waals surface area contributed by atoms with E-state index in [0.29, 0.717) is 47.7 Å². The number of amides is 2. The molecule has 4 aromatic rings. The van der Waals surface area contributed by atoms with Gasteiger partial charge in [-0.2, -0.15) is 5.10 Å². The number of fused-ring (bicyclic) bond motifs is 1. The first-order valence-corrected chi connectivity index (χ1v) is 12.0. The molecule has 1 aliphatic rings. The number of nitrogens with two attached hydrogens (primary N) is 1. The van der Waals surface area contributed by atoms with E-state index in [1.165, 1.54) is 6.07 Å².